The van der Waals surface area contributed by atoms with E-state index < -0.39 is 0 Å². The molecule has 4 aromatic rings. The molecule has 0 aliphatic carbocycles. The number of benzene rings is 3. The molecule has 90 valence electrons. The Kier molecular flexibility index (Phi) is 2.18. The van der Waals surface area contributed by atoms with Crippen molar-refractivity contribution in [3.05, 3.63) is 79.1 Å². The number of para-hydroxylation sites is 1. The summed E-state index contributed by atoms with van der Waals surface area (Å²) >= 11 is 0. The molecule has 1 heterocycles. The van der Waals surface area contributed by atoms with Crippen LogP contribution < -0.4 is 0 Å². The molecule has 19 heavy (non-hydrogen) atoms. The molecule has 0 amide bonds. The first-order valence-corrected chi connectivity index (χ1v) is 6.46. The van der Waals surface area contributed by atoms with Gasteiger partial charge in [0, 0.05) is 28.9 Å². The van der Waals surface area contributed by atoms with Gasteiger partial charge in [-0.1, -0.05) is 42.5 Å². The molecular weight excluding hydrogens is 230 g/mol. The van der Waals surface area contributed by atoms with Crippen molar-refractivity contribution in [1.29, 1.82) is 0 Å². The molecule has 0 atom stereocenters. The minimum absolute atomic E-state index is 1.20. The van der Waals surface area contributed by atoms with Crippen LogP contribution in [0.1, 0.15) is 0 Å². The van der Waals surface area contributed by atoms with Crippen molar-refractivity contribution in [1.82, 2.24) is 4.57 Å². The summed E-state index contributed by atoms with van der Waals surface area (Å²) in [6.07, 6.45) is 4.38. The Labute approximate surface area is 111 Å². The summed E-state index contributed by atoms with van der Waals surface area (Å²) < 4.78 is 2.18. The van der Waals surface area contributed by atoms with Crippen LogP contribution in [-0.4, -0.2) is 4.57 Å². The highest BCUT2D eigenvalue weighted by Gasteiger charge is 2.02. The lowest BCUT2D eigenvalue weighted by Crippen LogP contribution is -1.86. The van der Waals surface area contributed by atoms with Gasteiger partial charge < -0.3 is 4.57 Å². The lowest BCUT2D eigenvalue weighted by Gasteiger charge is -1.99. The minimum Gasteiger partial charge on any atom is -0.323 e. The summed E-state index contributed by atoms with van der Waals surface area (Å²) in [7, 11) is 0. The standard InChI is InChI=1S/C18H13N/c1-2-8-18(9-3-1)19-12-16-10-14-6-4-5-7-15(14)11-17(16)13-19/h1-13H. The van der Waals surface area contributed by atoms with E-state index >= 15 is 0 Å². The molecule has 0 spiro atoms. The molecule has 0 bridgehead atoms. The number of hydrogen-bond acceptors (Lipinski definition) is 0. The largest absolute Gasteiger partial charge is 0.323 e. The van der Waals surface area contributed by atoms with Crippen molar-refractivity contribution in [2.45, 2.75) is 0 Å². The van der Waals surface area contributed by atoms with Crippen molar-refractivity contribution in [3.8, 4) is 5.69 Å². The molecular formula is C18H13N. The van der Waals surface area contributed by atoms with Crippen LogP contribution in [0.2, 0.25) is 0 Å². The van der Waals surface area contributed by atoms with Gasteiger partial charge >= 0.3 is 0 Å². The summed E-state index contributed by atoms with van der Waals surface area (Å²) in [5.74, 6) is 0. The van der Waals surface area contributed by atoms with Crippen LogP contribution in [0.4, 0.5) is 0 Å². The Balaban J connectivity index is 1.98. The van der Waals surface area contributed by atoms with E-state index in [1.165, 1.54) is 27.2 Å². The molecule has 1 aromatic heterocycles. The lowest BCUT2D eigenvalue weighted by molar-refractivity contribution is 1.09. The zero-order valence-electron chi connectivity index (χ0n) is 10.5. The summed E-state index contributed by atoms with van der Waals surface area (Å²) in [6, 6.07) is 23.4. The fourth-order valence-electron chi connectivity index (χ4n) is 2.59. The SMILES string of the molecule is c1ccc(-n2cc3cc4ccccc4cc3c2)cc1. The van der Waals surface area contributed by atoms with E-state index in [9.17, 15) is 0 Å². The summed E-state index contributed by atoms with van der Waals surface area (Å²) in [5.41, 5.74) is 1.20. The van der Waals surface area contributed by atoms with Gasteiger partial charge in [-0.05, 0) is 35.0 Å². The fourth-order valence-corrected chi connectivity index (χ4v) is 2.59. The number of fused-ring (bicyclic) bond motifs is 2. The van der Waals surface area contributed by atoms with Gasteiger partial charge in [-0.25, -0.2) is 0 Å². The quantitative estimate of drug-likeness (QED) is 0.453. The molecule has 3 aromatic carbocycles. The predicted molar refractivity (Wildman–Crippen MR) is 80.8 cm³/mol. The smallest absolute Gasteiger partial charge is 0.0449 e. The monoisotopic (exact) mass is 243 g/mol. The maximum atomic E-state index is 2.25. The van der Waals surface area contributed by atoms with E-state index in [1.807, 2.05) is 6.07 Å². The van der Waals surface area contributed by atoms with Crippen molar-refractivity contribution >= 4 is 21.5 Å². The van der Waals surface area contributed by atoms with Crippen molar-refractivity contribution < 1.29 is 0 Å². The van der Waals surface area contributed by atoms with Crippen LogP contribution in [0.25, 0.3) is 27.2 Å². The van der Waals surface area contributed by atoms with Crippen LogP contribution in [-0.2, 0) is 0 Å². The van der Waals surface area contributed by atoms with Gasteiger partial charge in [0.2, 0.25) is 0 Å². The number of hydrogen-bond donors (Lipinski definition) is 0. The molecule has 0 unspecified atom stereocenters. The molecule has 0 saturated carbocycles. The topological polar surface area (TPSA) is 4.93 Å². The number of nitrogens with zero attached hydrogens (tertiary/aromatic N) is 1. The van der Waals surface area contributed by atoms with E-state index in [1.54, 1.807) is 0 Å². The van der Waals surface area contributed by atoms with Crippen molar-refractivity contribution in [2.24, 2.45) is 0 Å². The molecule has 0 saturated heterocycles. The van der Waals surface area contributed by atoms with Crippen LogP contribution in [0.15, 0.2) is 79.1 Å². The molecule has 1 nitrogen and oxygen atoms in total. The highest BCUT2D eigenvalue weighted by molar-refractivity contribution is 5.98. The highest BCUT2D eigenvalue weighted by Crippen LogP contribution is 2.25. The summed E-state index contributed by atoms with van der Waals surface area (Å²) in [4.78, 5) is 0. The third kappa shape index (κ3) is 1.71. The van der Waals surface area contributed by atoms with Gasteiger partial charge in [0.1, 0.15) is 0 Å². The van der Waals surface area contributed by atoms with Gasteiger partial charge in [-0.3, -0.25) is 0 Å². The second kappa shape index (κ2) is 3.99. The van der Waals surface area contributed by atoms with E-state index in [2.05, 4.69) is 77.6 Å². The Hall–Kier alpha value is -2.54. The number of rotatable bonds is 1. The van der Waals surface area contributed by atoms with E-state index in [-0.39, 0.29) is 0 Å². The Morgan fingerprint density at radius 2 is 1.05 bits per heavy atom. The summed E-state index contributed by atoms with van der Waals surface area (Å²) in [5, 5.41) is 5.15. The summed E-state index contributed by atoms with van der Waals surface area (Å²) in [6.45, 7) is 0. The van der Waals surface area contributed by atoms with Gasteiger partial charge in [0.25, 0.3) is 0 Å². The molecule has 0 radical (unpaired) electrons. The van der Waals surface area contributed by atoms with E-state index in [0.717, 1.165) is 0 Å². The first kappa shape index (κ1) is 10.4. The Morgan fingerprint density at radius 3 is 1.63 bits per heavy atom. The van der Waals surface area contributed by atoms with Crippen LogP contribution >= 0.6 is 0 Å². The molecule has 0 fully saturated rings. The Bertz CT molecular complexity index is 804. The highest BCUT2D eigenvalue weighted by atomic mass is 14.9. The maximum absolute atomic E-state index is 2.25. The van der Waals surface area contributed by atoms with Crippen LogP contribution in [0, 0.1) is 0 Å². The normalized spacial score (nSPS) is 11.2. The molecule has 4 rings (SSSR count). The second-order valence-electron chi connectivity index (χ2n) is 4.83. The average molecular weight is 243 g/mol. The molecule has 0 aliphatic rings. The zero-order chi connectivity index (χ0) is 12.7. The van der Waals surface area contributed by atoms with Gasteiger partial charge in [0.05, 0.1) is 0 Å². The van der Waals surface area contributed by atoms with Crippen LogP contribution in [0.3, 0.4) is 0 Å². The minimum atomic E-state index is 1.20. The van der Waals surface area contributed by atoms with E-state index in [0.29, 0.717) is 0 Å². The third-order valence-electron chi connectivity index (χ3n) is 3.56. The third-order valence-corrected chi connectivity index (χ3v) is 3.56. The lowest BCUT2D eigenvalue weighted by atomic mass is 10.1. The molecule has 0 aliphatic heterocycles. The van der Waals surface area contributed by atoms with Crippen LogP contribution in [0.5, 0.6) is 0 Å². The van der Waals surface area contributed by atoms with Gasteiger partial charge in [-0.15, -0.1) is 0 Å². The van der Waals surface area contributed by atoms with Crippen molar-refractivity contribution in [2.75, 3.05) is 0 Å². The number of aromatic nitrogens is 1. The maximum Gasteiger partial charge on any atom is 0.0449 e. The van der Waals surface area contributed by atoms with Crippen molar-refractivity contribution in [3.63, 3.8) is 0 Å². The Morgan fingerprint density at radius 1 is 0.526 bits per heavy atom. The van der Waals surface area contributed by atoms with Gasteiger partial charge in [0.15, 0.2) is 0 Å². The molecule has 1 heteroatoms. The average Bonchev–Trinajstić information content (AvgIpc) is 2.88. The van der Waals surface area contributed by atoms with E-state index in [4.69, 9.17) is 0 Å². The first-order valence-electron chi connectivity index (χ1n) is 6.46. The fraction of sp³-hybridized carbons (Fsp3) is 0. The predicted octanol–water partition coefficient (Wildman–Crippen LogP) is 4.78. The second-order valence-corrected chi connectivity index (χ2v) is 4.83. The zero-order valence-corrected chi connectivity index (χ0v) is 10.5. The van der Waals surface area contributed by atoms with Gasteiger partial charge in [-0.2, -0.15) is 0 Å². The first-order chi connectivity index (χ1) is 9.40. The molecule has 0 N–H and O–H groups in total.